The Bertz CT molecular complexity index is 323. The minimum absolute atomic E-state index is 0.0442. The number of carbonyl (C=O) groups excluding carboxylic acids is 1. The maximum atomic E-state index is 11.4. The number of cyclic esters (lactones) is 1. The van der Waals surface area contributed by atoms with Gasteiger partial charge in [-0.15, -0.1) is 0 Å². The zero-order valence-corrected chi connectivity index (χ0v) is 8.14. The van der Waals surface area contributed by atoms with Crippen LogP contribution in [-0.2, 0) is 4.74 Å². The van der Waals surface area contributed by atoms with Crippen molar-refractivity contribution in [1.82, 2.24) is 0 Å². The summed E-state index contributed by atoms with van der Waals surface area (Å²) in [5.41, 5.74) is 0.911. The number of rotatable bonds is 2. The van der Waals surface area contributed by atoms with Crippen LogP contribution in [0.25, 0.3) is 0 Å². The van der Waals surface area contributed by atoms with E-state index in [1.165, 1.54) is 0 Å². The van der Waals surface area contributed by atoms with Crippen LogP contribution >= 0.6 is 0 Å². The lowest BCUT2D eigenvalue weighted by molar-refractivity contribution is 0.139. The molecule has 1 aromatic rings. The average molecular weight is 191 g/mol. The predicted octanol–water partition coefficient (Wildman–Crippen LogP) is 2.42. The summed E-state index contributed by atoms with van der Waals surface area (Å²) in [5.74, 6) is 0. The second-order valence-electron chi connectivity index (χ2n) is 3.36. The van der Waals surface area contributed by atoms with Gasteiger partial charge in [0.15, 0.2) is 0 Å². The standard InChI is InChI=1S/C11H13NO2/c1-2-10-8-12(11(13)14-10)9-6-4-3-5-7-9/h3-7,10H,2,8H2,1H3. The number of anilines is 1. The molecular weight excluding hydrogens is 178 g/mol. The summed E-state index contributed by atoms with van der Waals surface area (Å²) in [6.45, 7) is 2.69. The van der Waals surface area contributed by atoms with E-state index in [2.05, 4.69) is 0 Å². The highest BCUT2D eigenvalue weighted by Crippen LogP contribution is 2.21. The summed E-state index contributed by atoms with van der Waals surface area (Å²) in [6.07, 6.45) is 0.681. The van der Waals surface area contributed by atoms with Gasteiger partial charge in [-0.25, -0.2) is 4.79 Å². The van der Waals surface area contributed by atoms with Crippen molar-refractivity contribution in [2.45, 2.75) is 19.4 Å². The molecular formula is C11H13NO2. The van der Waals surface area contributed by atoms with Gasteiger partial charge in [0.05, 0.1) is 6.54 Å². The first kappa shape index (κ1) is 9.06. The van der Waals surface area contributed by atoms with Crippen molar-refractivity contribution in [3.63, 3.8) is 0 Å². The monoisotopic (exact) mass is 191 g/mol. The first-order chi connectivity index (χ1) is 6.81. The molecule has 1 aliphatic rings. The Morgan fingerprint density at radius 2 is 2.14 bits per heavy atom. The van der Waals surface area contributed by atoms with Gasteiger partial charge in [0.2, 0.25) is 0 Å². The quantitative estimate of drug-likeness (QED) is 0.718. The molecule has 14 heavy (non-hydrogen) atoms. The van der Waals surface area contributed by atoms with E-state index in [0.717, 1.165) is 12.1 Å². The first-order valence-corrected chi connectivity index (χ1v) is 4.84. The molecule has 1 heterocycles. The molecule has 0 radical (unpaired) electrons. The summed E-state index contributed by atoms with van der Waals surface area (Å²) in [4.78, 5) is 13.1. The Morgan fingerprint density at radius 1 is 1.43 bits per heavy atom. The highest BCUT2D eigenvalue weighted by molar-refractivity contribution is 5.89. The van der Waals surface area contributed by atoms with Crippen molar-refractivity contribution in [3.8, 4) is 0 Å². The number of hydrogen-bond donors (Lipinski definition) is 0. The molecule has 1 amide bonds. The molecule has 2 rings (SSSR count). The normalized spacial score (nSPS) is 21.1. The maximum absolute atomic E-state index is 11.4. The third-order valence-electron chi connectivity index (χ3n) is 2.40. The maximum Gasteiger partial charge on any atom is 0.414 e. The zero-order chi connectivity index (χ0) is 9.97. The van der Waals surface area contributed by atoms with E-state index in [4.69, 9.17) is 4.74 Å². The highest BCUT2D eigenvalue weighted by Gasteiger charge is 2.30. The lowest BCUT2D eigenvalue weighted by Gasteiger charge is -2.11. The Labute approximate surface area is 83.3 Å². The van der Waals surface area contributed by atoms with E-state index in [1.54, 1.807) is 4.90 Å². The number of ether oxygens (including phenoxy) is 1. The molecule has 1 aliphatic heterocycles. The predicted molar refractivity (Wildman–Crippen MR) is 54.3 cm³/mol. The Morgan fingerprint density at radius 3 is 2.71 bits per heavy atom. The average Bonchev–Trinajstić information content (AvgIpc) is 2.61. The van der Waals surface area contributed by atoms with Gasteiger partial charge in [0, 0.05) is 5.69 Å². The molecule has 0 bridgehead atoms. The molecule has 74 valence electrons. The van der Waals surface area contributed by atoms with Crippen LogP contribution < -0.4 is 4.90 Å². The van der Waals surface area contributed by atoms with Crippen LogP contribution in [0.4, 0.5) is 10.5 Å². The number of amides is 1. The van der Waals surface area contributed by atoms with Gasteiger partial charge in [-0.3, -0.25) is 4.90 Å². The molecule has 1 atom stereocenters. The fourth-order valence-electron chi connectivity index (χ4n) is 1.55. The largest absolute Gasteiger partial charge is 0.444 e. The number of benzene rings is 1. The van der Waals surface area contributed by atoms with Crippen molar-refractivity contribution in [2.75, 3.05) is 11.4 Å². The molecule has 0 spiro atoms. The van der Waals surface area contributed by atoms with Gasteiger partial charge in [-0.1, -0.05) is 25.1 Å². The molecule has 3 heteroatoms. The van der Waals surface area contributed by atoms with Crippen molar-refractivity contribution in [3.05, 3.63) is 30.3 Å². The Kier molecular flexibility index (Phi) is 2.39. The van der Waals surface area contributed by atoms with Crippen molar-refractivity contribution in [1.29, 1.82) is 0 Å². The lowest BCUT2D eigenvalue weighted by atomic mass is 10.2. The van der Waals surface area contributed by atoms with Crippen LogP contribution in [0.5, 0.6) is 0 Å². The van der Waals surface area contributed by atoms with Gasteiger partial charge in [-0.05, 0) is 18.6 Å². The summed E-state index contributed by atoms with van der Waals surface area (Å²) in [5, 5.41) is 0. The van der Waals surface area contributed by atoms with Crippen molar-refractivity contribution < 1.29 is 9.53 Å². The Hall–Kier alpha value is -1.51. The van der Waals surface area contributed by atoms with E-state index in [1.807, 2.05) is 37.3 Å². The molecule has 0 aromatic heterocycles. The summed E-state index contributed by atoms with van der Waals surface area (Å²) in [6, 6.07) is 9.60. The molecule has 0 N–H and O–H groups in total. The molecule has 1 fully saturated rings. The van der Waals surface area contributed by atoms with Crippen LogP contribution in [0.2, 0.25) is 0 Å². The van der Waals surface area contributed by atoms with E-state index in [9.17, 15) is 4.79 Å². The van der Waals surface area contributed by atoms with Gasteiger partial charge < -0.3 is 4.74 Å². The smallest absolute Gasteiger partial charge is 0.414 e. The SMILES string of the molecule is CCC1CN(c2ccccc2)C(=O)O1. The molecule has 1 aromatic carbocycles. The molecule has 1 saturated heterocycles. The van der Waals surface area contributed by atoms with Crippen molar-refractivity contribution >= 4 is 11.8 Å². The Balaban J connectivity index is 2.17. The summed E-state index contributed by atoms with van der Waals surface area (Å²) in [7, 11) is 0. The second kappa shape index (κ2) is 3.70. The number of hydrogen-bond acceptors (Lipinski definition) is 2. The zero-order valence-electron chi connectivity index (χ0n) is 8.14. The minimum Gasteiger partial charge on any atom is -0.444 e. The van der Waals surface area contributed by atoms with Gasteiger partial charge in [0.1, 0.15) is 6.10 Å². The number of para-hydroxylation sites is 1. The third kappa shape index (κ3) is 1.58. The van der Waals surface area contributed by atoms with Crippen LogP contribution in [0.15, 0.2) is 30.3 Å². The van der Waals surface area contributed by atoms with Crippen LogP contribution in [0.1, 0.15) is 13.3 Å². The minimum atomic E-state index is -0.233. The number of nitrogens with zero attached hydrogens (tertiary/aromatic N) is 1. The molecule has 3 nitrogen and oxygen atoms in total. The molecule has 0 saturated carbocycles. The summed E-state index contributed by atoms with van der Waals surface area (Å²) < 4.78 is 5.16. The van der Waals surface area contributed by atoms with E-state index < -0.39 is 0 Å². The van der Waals surface area contributed by atoms with E-state index in [0.29, 0.717) is 6.54 Å². The fraction of sp³-hybridized carbons (Fsp3) is 0.364. The van der Waals surface area contributed by atoms with Gasteiger partial charge in [0.25, 0.3) is 0 Å². The number of carbonyl (C=O) groups is 1. The lowest BCUT2D eigenvalue weighted by Crippen LogP contribution is -2.24. The summed E-state index contributed by atoms with van der Waals surface area (Å²) >= 11 is 0. The third-order valence-corrected chi connectivity index (χ3v) is 2.40. The van der Waals surface area contributed by atoms with Crippen LogP contribution in [0, 0.1) is 0 Å². The van der Waals surface area contributed by atoms with Crippen LogP contribution in [0.3, 0.4) is 0 Å². The van der Waals surface area contributed by atoms with Crippen LogP contribution in [-0.4, -0.2) is 18.7 Å². The van der Waals surface area contributed by atoms with Gasteiger partial charge >= 0.3 is 6.09 Å². The topological polar surface area (TPSA) is 29.5 Å². The molecule has 1 unspecified atom stereocenters. The van der Waals surface area contributed by atoms with E-state index in [-0.39, 0.29) is 12.2 Å². The first-order valence-electron chi connectivity index (χ1n) is 4.84. The van der Waals surface area contributed by atoms with Crippen molar-refractivity contribution in [2.24, 2.45) is 0 Å². The van der Waals surface area contributed by atoms with Gasteiger partial charge in [-0.2, -0.15) is 0 Å². The van der Waals surface area contributed by atoms with E-state index >= 15 is 0 Å². The fourth-order valence-corrected chi connectivity index (χ4v) is 1.55. The molecule has 0 aliphatic carbocycles. The highest BCUT2D eigenvalue weighted by atomic mass is 16.6. The second-order valence-corrected chi connectivity index (χ2v) is 3.36.